The Morgan fingerprint density at radius 1 is 1.00 bits per heavy atom. The summed E-state index contributed by atoms with van der Waals surface area (Å²) in [5, 5.41) is 17.6. The van der Waals surface area contributed by atoms with E-state index in [2.05, 4.69) is 84.4 Å². The topological polar surface area (TPSA) is 64.9 Å². The first kappa shape index (κ1) is 22.8. The minimum absolute atomic E-state index is 0.0404. The van der Waals surface area contributed by atoms with Gasteiger partial charge in [0.2, 0.25) is 0 Å². The molecule has 0 radical (unpaired) electrons. The number of nitrogens with zero attached hydrogens (tertiary/aromatic N) is 4. The molecule has 1 aromatic heterocycles. The van der Waals surface area contributed by atoms with Crippen LogP contribution in [0.3, 0.4) is 0 Å². The van der Waals surface area contributed by atoms with E-state index >= 15 is 0 Å². The molecule has 0 aliphatic heterocycles. The van der Waals surface area contributed by atoms with Crippen molar-refractivity contribution >= 4 is 0 Å². The van der Waals surface area contributed by atoms with Crippen LogP contribution in [0.15, 0.2) is 24.3 Å². The molecule has 1 atom stereocenters. The number of hydrogen-bond acceptors (Lipinski definition) is 5. The standard InChI is InChI=1S/C27H41N5O/c1-25(2,3)17-26(4,5)32-24(29-30-31-32)23(21-7-9-22(33-6)10-8-21)28-27-14-18-11-19(15-27)13-20(12-18)16-27/h7-10,18-20,23,28H,11-17H2,1-6H3. The van der Waals surface area contributed by atoms with Crippen LogP contribution in [-0.2, 0) is 5.54 Å². The van der Waals surface area contributed by atoms with Crippen molar-refractivity contribution in [1.29, 1.82) is 0 Å². The van der Waals surface area contributed by atoms with Crippen molar-refractivity contribution in [3.63, 3.8) is 0 Å². The predicted octanol–water partition coefficient (Wildman–Crippen LogP) is 5.50. The first-order chi connectivity index (χ1) is 15.6. The molecular formula is C27H41N5O. The first-order valence-corrected chi connectivity index (χ1v) is 12.8. The lowest BCUT2D eigenvalue weighted by atomic mass is 9.53. The van der Waals surface area contributed by atoms with Crippen molar-refractivity contribution in [3.8, 4) is 5.75 Å². The van der Waals surface area contributed by atoms with Gasteiger partial charge in [0.15, 0.2) is 5.82 Å². The predicted molar refractivity (Wildman–Crippen MR) is 130 cm³/mol. The summed E-state index contributed by atoms with van der Waals surface area (Å²) in [7, 11) is 1.72. The van der Waals surface area contributed by atoms with Crippen LogP contribution in [0, 0.1) is 23.2 Å². The van der Waals surface area contributed by atoms with Gasteiger partial charge in [0, 0.05) is 5.54 Å². The number of nitrogens with one attached hydrogen (secondary N) is 1. The van der Waals surface area contributed by atoms with Crippen molar-refractivity contribution in [1.82, 2.24) is 25.5 Å². The summed E-state index contributed by atoms with van der Waals surface area (Å²) in [5.74, 6) is 4.45. The van der Waals surface area contributed by atoms with Gasteiger partial charge < -0.3 is 4.74 Å². The highest BCUT2D eigenvalue weighted by molar-refractivity contribution is 5.32. The van der Waals surface area contributed by atoms with Gasteiger partial charge in [-0.2, -0.15) is 0 Å². The second-order valence-electron chi connectivity index (χ2n) is 13.0. The van der Waals surface area contributed by atoms with E-state index in [9.17, 15) is 0 Å². The Balaban J connectivity index is 1.53. The Bertz CT molecular complexity index is 936. The molecule has 4 aliphatic carbocycles. The molecule has 2 aromatic rings. The minimum Gasteiger partial charge on any atom is -0.497 e. The second-order valence-corrected chi connectivity index (χ2v) is 13.0. The average Bonchev–Trinajstić information content (AvgIpc) is 3.20. The maximum Gasteiger partial charge on any atom is 0.173 e. The van der Waals surface area contributed by atoms with E-state index in [1.54, 1.807) is 7.11 Å². The molecule has 4 fully saturated rings. The third-order valence-corrected chi connectivity index (χ3v) is 8.23. The maximum absolute atomic E-state index is 5.44. The summed E-state index contributed by atoms with van der Waals surface area (Å²) < 4.78 is 7.52. The smallest absolute Gasteiger partial charge is 0.173 e. The molecule has 0 amide bonds. The quantitative estimate of drug-likeness (QED) is 0.602. The zero-order chi connectivity index (χ0) is 23.4. The average molecular weight is 452 g/mol. The third kappa shape index (κ3) is 4.55. The molecule has 1 heterocycles. The van der Waals surface area contributed by atoms with Gasteiger partial charge in [0.25, 0.3) is 0 Å². The van der Waals surface area contributed by atoms with E-state index in [0.717, 1.165) is 35.7 Å². The molecular weight excluding hydrogens is 410 g/mol. The number of hydrogen-bond donors (Lipinski definition) is 1. The zero-order valence-corrected chi connectivity index (χ0v) is 21.3. The van der Waals surface area contributed by atoms with Crippen LogP contribution < -0.4 is 10.1 Å². The monoisotopic (exact) mass is 451 g/mol. The van der Waals surface area contributed by atoms with E-state index in [-0.39, 0.29) is 22.5 Å². The lowest BCUT2D eigenvalue weighted by Crippen LogP contribution is -2.59. The maximum atomic E-state index is 5.44. The SMILES string of the molecule is COc1ccc(C(NC23CC4CC(CC(C4)C2)C3)c2nnnn2C(C)(C)CC(C)(C)C)cc1. The molecule has 33 heavy (non-hydrogen) atoms. The molecule has 6 heteroatoms. The summed E-state index contributed by atoms with van der Waals surface area (Å²) in [6.45, 7) is 11.4. The third-order valence-electron chi connectivity index (χ3n) is 8.23. The lowest BCUT2D eigenvalue weighted by molar-refractivity contribution is -0.0243. The fraction of sp³-hybridized carbons (Fsp3) is 0.741. The van der Waals surface area contributed by atoms with Gasteiger partial charge >= 0.3 is 0 Å². The van der Waals surface area contributed by atoms with E-state index in [1.165, 1.54) is 44.1 Å². The Morgan fingerprint density at radius 3 is 2.09 bits per heavy atom. The number of methoxy groups -OCH3 is 1. The highest BCUT2D eigenvalue weighted by Gasteiger charge is 2.52. The highest BCUT2D eigenvalue weighted by atomic mass is 16.5. The van der Waals surface area contributed by atoms with Crippen LogP contribution in [0.25, 0.3) is 0 Å². The molecule has 1 unspecified atom stereocenters. The van der Waals surface area contributed by atoms with Crippen molar-refractivity contribution in [2.75, 3.05) is 7.11 Å². The van der Waals surface area contributed by atoms with Gasteiger partial charge in [-0.1, -0.05) is 32.9 Å². The van der Waals surface area contributed by atoms with Crippen molar-refractivity contribution in [3.05, 3.63) is 35.7 Å². The van der Waals surface area contributed by atoms with Gasteiger partial charge in [0.05, 0.1) is 18.7 Å². The summed E-state index contributed by atoms with van der Waals surface area (Å²) in [6.07, 6.45) is 9.17. The molecule has 0 spiro atoms. The normalized spacial score (nSPS) is 29.9. The van der Waals surface area contributed by atoms with Crippen LogP contribution in [0.1, 0.15) is 97.0 Å². The number of benzene rings is 1. The molecule has 4 saturated carbocycles. The Labute approximate surface area is 198 Å². The molecule has 6 nitrogen and oxygen atoms in total. The molecule has 6 rings (SSSR count). The van der Waals surface area contributed by atoms with E-state index in [1.807, 2.05) is 0 Å². The van der Waals surface area contributed by atoms with Crippen LogP contribution in [0.2, 0.25) is 0 Å². The van der Waals surface area contributed by atoms with Crippen LogP contribution >= 0.6 is 0 Å². The summed E-state index contributed by atoms with van der Waals surface area (Å²) in [6, 6.07) is 8.41. The fourth-order valence-corrected chi connectivity index (χ4v) is 7.86. The van der Waals surface area contributed by atoms with Crippen LogP contribution in [-0.4, -0.2) is 32.9 Å². The summed E-state index contributed by atoms with van der Waals surface area (Å²) in [5.41, 5.74) is 1.39. The molecule has 0 saturated heterocycles. The molecule has 4 aliphatic rings. The van der Waals surface area contributed by atoms with Crippen LogP contribution in [0.5, 0.6) is 5.75 Å². The minimum atomic E-state index is -0.190. The van der Waals surface area contributed by atoms with E-state index in [4.69, 9.17) is 4.74 Å². The second kappa shape index (κ2) is 8.07. The Morgan fingerprint density at radius 2 is 1.58 bits per heavy atom. The lowest BCUT2D eigenvalue weighted by Gasteiger charge is -2.58. The number of rotatable bonds is 7. The van der Waals surface area contributed by atoms with Gasteiger partial charge in [-0.3, -0.25) is 5.32 Å². The Kier molecular flexibility index (Phi) is 5.58. The number of tetrazole rings is 1. The van der Waals surface area contributed by atoms with Crippen molar-refractivity contribution in [2.24, 2.45) is 23.2 Å². The molecule has 180 valence electrons. The zero-order valence-electron chi connectivity index (χ0n) is 21.3. The van der Waals surface area contributed by atoms with Crippen molar-refractivity contribution in [2.45, 2.75) is 96.7 Å². The highest BCUT2D eigenvalue weighted by Crippen LogP contribution is 2.56. The summed E-state index contributed by atoms with van der Waals surface area (Å²) >= 11 is 0. The molecule has 1 aromatic carbocycles. The van der Waals surface area contributed by atoms with Crippen LogP contribution in [0.4, 0.5) is 0 Å². The van der Waals surface area contributed by atoms with Gasteiger partial charge in [-0.15, -0.1) is 5.10 Å². The number of ether oxygens (including phenoxy) is 1. The molecule has 4 bridgehead atoms. The van der Waals surface area contributed by atoms with Crippen molar-refractivity contribution < 1.29 is 4.74 Å². The summed E-state index contributed by atoms with van der Waals surface area (Å²) in [4.78, 5) is 0. The molecule has 1 N–H and O–H groups in total. The largest absolute Gasteiger partial charge is 0.497 e. The van der Waals surface area contributed by atoms with Gasteiger partial charge in [0.1, 0.15) is 5.75 Å². The number of aromatic nitrogens is 4. The first-order valence-electron chi connectivity index (χ1n) is 12.8. The van der Waals surface area contributed by atoms with Gasteiger partial charge in [-0.25, -0.2) is 4.68 Å². The van der Waals surface area contributed by atoms with Gasteiger partial charge in [-0.05, 0) is 110 Å². The fourth-order valence-electron chi connectivity index (χ4n) is 7.86. The Hall–Kier alpha value is -1.95. The van der Waals surface area contributed by atoms with E-state index in [0.29, 0.717) is 0 Å². The van der Waals surface area contributed by atoms with E-state index < -0.39 is 0 Å².